The summed E-state index contributed by atoms with van der Waals surface area (Å²) in [6.45, 7) is 4.37. The average Bonchev–Trinajstić information content (AvgIpc) is 2.48. The molecule has 1 aromatic carbocycles. The zero-order chi connectivity index (χ0) is 16.9. The Morgan fingerprint density at radius 3 is 2.54 bits per heavy atom. The standard InChI is InChI=1S/C19H24N2O3/c1-14(22)20-16-7-8-17-15(11-19(23)24-18(17)12-16)13-21-9-5-3-2-4-6-10-21/h7-8,11-12H,2-6,9-10,13H2,1H3,(H,20,22). The predicted molar refractivity (Wildman–Crippen MR) is 95.1 cm³/mol. The van der Waals surface area contributed by atoms with Crippen molar-refractivity contribution >= 4 is 22.6 Å². The van der Waals surface area contributed by atoms with Crippen LogP contribution in [0.25, 0.3) is 11.0 Å². The van der Waals surface area contributed by atoms with Crippen molar-refractivity contribution in [1.82, 2.24) is 4.90 Å². The molecule has 128 valence electrons. The van der Waals surface area contributed by atoms with Crippen molar-refractivity contribution in [2.45, 2.75) is 45.6 Å². The minimum absolute atomic E-state index is 0.145. The second kappa shape index (κ2) is 7.62. The van der Waals surface area contributed by atoms with E-state index in [1.54, 1.807) is 12.1 Å². The summed E-state index contributed by atoms with van der Waals surface area (Å²) >= 11 is 0. The SMILES string of the molecule is CC(=O)Nc1ccc2c(CN3CCCCCCC3)cc(=O)oc2c1. The first-order valence-corrected chi connectivity index (χ1v) is 8.68. The lowest BCUT2D eigenvalue weighted by Gasteiger charge is -2.24. The van der Waals surface area contributed by atoms with E-state index in [-0.39, 0.29) is 11.5 Å². The van der Waals surface area contributed by atoms with Gasteiger partial charge in [0.1, 0.15) is 5.58 Å². The molecule has 1 aliphatic heterocycles. The fourth-order valence-corrected chi connectivity index (χ4v) is 3.35. The lowest BCUT2D eigenvalue weighted by molar-refractivity contribution is -0.114. The van der Waals surface area contributed by atoms with Crippen molar-refractivity contribution in [3.8, 4) is 0 Å². The Hall–Kier alpha value is -2.14. The number of carbonyl (C=O) groups is 1. The van der Waals surface area contributed by atoms with Gasteiger partial charge in [0.05, 0.1) is 0 Å². The number of amides is 1. The maximum Gasteiger partial charge on any atom is 0.336 e. The van der Waals surface area contributed by atoms with Crippen molar-refractivity contribution in [2.75, 3.05) is 18.4 Å². The first kappa shape index (κ1) is 16.7. The molecule has 2 heterocycles. The minimum atomic E-state index is -0.343. The number of nitrogens with one attached hydrogen (secondary N) is 1. The van der Waals surface area contributed by atoms with E-state index in [0.29, 0.717) is 11.3 Å². The van der Waals surface area contributed by atoms with Crippen LogP contribution in [0.2, 0.25) is 0 Å². The molecule has 1 aliphatic rings. The number of anilines is 1. The van der Waals surface area contributed by atoms with Gasteiger partial charge in [-0.1, -0.05) is 19.3 Å². The van der Waals surface area contributed by atoms with Gasteiger partial charge >= 0.3 is 5.63 Å². The van der Waals surface area contributed by atoms with Crippen molar-refractivity contribution in [3.63, 3.8) is 0 Å². The van der Waals surface area contributed by atoms with E-state index in [4.69, 9.17) is 4.42 Å². The molecule has 0 atom stereocenters. The Bertz CT molecular complexity index is 774. The zero-order valence-corrected chi connectivity index (χ0v) is 14.1. The summed E-state index contributed by atoms with van der Waals surface area (Å²) in [5.74, 6) is -0.145. The number of fused-ring (bicyclic) bond motifs is 1. The topological polar surface area (TPSA) is 62.6 Å². The number of benzene rings is 1. The van der Waals surface area contributed by atoms with E-state index >= 15 is 0 Å². The van der Waals surface area contributed by atoms with Gasteiger partial charge in [-0.3, -0.25) is 9.69 Å². The van der Waals surface area contributed by atoms with Crippen LogP contribution in [0.5, 0.6) is 0 Å². The molecule has 0 spiro atoms. The van der Waals surface area contributed by atoms with E-state index in [1.807, 2.05) is 12.1 Å². The maximum absolute atomic E-state index is 11.9. The van der Waals surface area contributed by atoms with Crippen molar-refractivity contribution in [3.05, 3.63) is 40.2 Å². The number of rotatable bonds is 3. The number of hydrogen-bond donors (Lipinski definition) is 1. The summed E-state index contributed by atoms with van der Waals surface area (Å²) in [7, 11) is 0. The number of hydrogen-bond acceptors (Lipinski definition) is 4. The molecule has 0 saturated carbocycles. The Balaban J connectivity index is 1.89. The highest BCUT2D eigenvalue weighted by Gasteiger charge is 2.13. The first-order chi connectivity index (χ1) is 11.6. The molecular weight excluding hydrogens is 304 g/mol. The minimum Gasteiger partial charge on any atom is -0.423 e. The largest absolute Gasteiger partial charge is 0.423 e. The fourth-order valence-electron chi connectivity index (χ4n) is 3.35. The molecule has 1 fully saturated rings. The van der Waals surface area contributed by atoms with E-state index in [9.17, 15) is 9.59 Å². The Morgan fingerprint density at radius 2 is 1.83 bits per heavy atom. The molecule has 0 aliphatic carbocycles. The Labute approximate surface area is 141 Å². The van der Waals surface area contributed by atoms with Gasteiger partial charge in [-0.25, -0.2) is 4.79 Å². The van der Waals surface area contributed by atoms with Gasteiger partial charge in [-0.15, -0.1) is 0 Å². The highest BCUT2D eigenvalue weighted by molar-refractivity contribution is 5.92. The monoisotopic (exact) mass is 328 g/mol. The molecule has 1 N–H and O–H groups in total. The van der Waals surface area contributed by atoms with Crippen LogP contribution < -0.4 is 10.9 Å². The summed E-state index contributed by atoms with van der Waals surface area (Å²) in [6, 6.07) is 7.08. The van der Waals surface area contributed by atoms with Crippen molar-refractivity contribution in [2.24, 2.45) is 0 Å². The average molecular weight is 328 g/mol. The molecule has 3 rings (SSSR count). The summed E-state index contributed by atoms with van der Waals surface area (Å²) in [5, 5.41) is 3.66. The van der Waals surface area contributed by atoms with Gasteiger partial charge in [0, 0.05) is 36.7 Å². The smallest absolute Gasteiger partial charge is 0.336 e. The highest BCUT2D eigenvalue weighted by Crippen LogP contribution is 2.23. The highest BCUT2D eigenvalue weighted by atomic mass is 16.4. The van der Waals surface area contributed by atoms with E-state index in [1.165, 1.54) is 39.0 Å². The lowest BCUT2D eigenvalue weighted by Crippen LogP contribution is -2.27. The van der Waals surface area contributed by atoms with Crippen LogP contribution >= 0.6 is 0 Å². The third-order valence-electron chi connectivity index (χ3n) is 4.49. The second-order valence-corrected chi connectivity index (χ2v) is 6.53. The van der Waals surface area contributed by atoms with E-state index in [0.717, 1.165) is 30.6 Å². The Morgan fingerprint density at radius 1 is 1.12 bits per heavy atom. The summed E-state index contributed by atoms with van der Waals surface area (Å²) in [4.78, 5) is 25.6. The van der Waals surface area contributed by atoms with Crippen molar-refractivity contribution in [1.29, 1.82) is 0 Å². The Kier molecular flexibility index (Phi) is 5.30. The number of carbonyl (C=O) groups excluding carboxylic acids is 1. The van der Waals surface area contributed by atoms with Crippen LogP contribution in [-0.2, 0) is 11.3 Å². The third-order valence-corrected chi connectivity index (χ3v) is 4.49. The van der Waals surface area contributed by atoms with Gasteiger partial charge in [0.2, 0.25) is 5.91 Å². The van der Waals surface area contributed by atoms with Gasteiger partial charge in [0.15, 0.2) is 0 Å². The molecule has 0 bridgehead atoms. The molecule has 1 saturated heterocycles. The molecule has 1 aromatic heterocycles. The zero-order valence-electron chi connectivity index (χ0n) is 14.1. The van der Waals surface area contributed by atoms with Crippen LogP contribution in [0.3, 0.4) is 0 Å². The molecule has 24 heavy (non-hydrogen) atoms. The van der Waals surface area contributed by atoms with E-state index in [2.05, 4.69) is 10.2 Å². The third kappa shape index (κ3) is 4.23. The molecule has 5 heteroatoms. The molecular formula is C19H24N2O3. The van der Waals surface area contributed by atoms with Crippen LogP contribution in [0, 0.1) is 0 Å². The van der Waals surface area contributed by atoms with Crippen LogP contribution in [0.15, 0.2) is 33.5 Å². The fraction of sp³-hybridized carbons (Fsp3) is 0.474. The van der Waals surface area contributed by atoms with Crippen LogP contribution in [0.1, 0.15) is 44.6 Å². The van der Waals surface area contributed by atoms with Crippen molar-refractivity contribution < 1.29 is 9.21 Å². The van der Waals surface area contributed by atoms with Gasteiger partial charge in [-0.05, 0) is 43.6 Å². The van der Waals surface area contributed by atoms with E-state index < -0.39 is 0 Å². The predicted octanol–water partition coefficient (Wildman–Crippen LogP) is 3.52. The summed E-state index contributed by atoms with van der Waals surface area (Å²) < 4.78 is 5.33. The number of nitrogens with zero attached hydrogens (tertiary/aromatic N) is 1. The lowest BCUT2D eigenvalue weighted by atomic mass is 10.1. The molecule has 0 radical (unpaired) electrons. The summed E-state index contributed by atoms with van der Waals surface area (Å²) in [5.41, 5.74) is 1.82. The summed E-state index contributed by atoms with van der Waals surface area (Å²) in [6.07, 6.45) is 6.33. The quantitative estimate of drug-likeness (QED) is 0.876. The van der Waals surface area contributed by atoms with Gasteiger partial charge < -0.3 is 9.73 Å². The van der Waals surface area contributed by atoms with Gasteiger partial charge in [0.25, 0.3) is 0 Å². The number of likely N-dealkylation sites (tertiary alicyclic amines) is 1. The van der Waals surface area contributed by atoms with Gasteiger partial charge in [-0.2, -0.15) is 0 Å². The molecule has 0 unspecified atom stereocenters. The normalized spacial score (nSPS) is 16.5. The maximum atomic E-state index is 11.9. The molecule has 2 aromatic rings. The van der Waals surface area contributed by atoms with Crippen LogP contribution in [-0.4, -0.2) is 23.9 Å². The second-order valence-electron chi connectivity index (χ2n) is 6.53. The molecule has 5 nitrogen and oxygen atoms in total. The molecule has 1 amide bonds. The van der Waals surface area contributed by atoms with Crippen LogP contribution in [0.4, 0.5) is 5.69 Å². The first-order valence-electron chi connectivity index (χ1n) is 8.68.